The number of hydrogen-bond donors (Lipinski definition) is 1. The van der Waals surface area contributed by atoms with Gasteiger partial charge in [-0.1, -0.05) is 30.3 Å². The molecular weight excluding hydrogens is 264 g/mol. The van der Waals surface area contributed by atoms with Gasteiger partial charge in [0, 0.05) is 22.8 Å². The molecule has 0 radical (unpaired) electrons. The van der Waals surface area contributed by atoms with Gasteiger partial charge >= 0.3 is 0 Å². The van der Waals surface area contributed by atoms with E-state index in [4.69, 9.17) is 5.73 Å². The Morgan fingerprint density at radius 1 is 1.00 bits per heavy atom. The molecule has 20 heavy (non-hydrogen) atoms. The maximum absolute atomic E-state index is 6.12. The van der Waals surface area contributed by atoms with Crippen LogP contribution in [-0.2, 0) is 6.54 Å². The van der Waals surface area contributed by atoms with Crippen LogP contribution in [0, 0.1) is 0 Å². The largest absolute Gasteiger partial charge is 0.397 e. The maximum atomic E-state index is 6.12. The first-order chi connectivity index (χ1) is 9.83. The highest BCUT2D eigenvalue weighted by molar-refractivity contribution is 7.17. The van der Waals surface area contributed by atoms with Crippen LogP contribution in [0.1, 0.15) is 5.56 Å². The lowest BCUT2D eigenvalue weighted by Gasteiger charge is -2.07. The van der Waals surface area contributed by atoms with E-state index in [1.807, 2.05) is 12.1 Å². The van der Waals surface area contributed by atoms with Crippen molar-refractivity contribution in [2.45, 2.75) is 6.54 Å². The standard InChI is InChI=1S/C17H14N2S/c18-15-6-3-4-12-8-9-19(17(12)15)10-13-11-20-16-7-2-1-5-14(13)16/h1-9,11H,10,18H2. The molecule has 0 atom stereocenters. The smallest absolute Gasteiger partial charge is 0.0716 e. The van der Waals surface area contributed by atoms with E-state index in [0.29, 0.717) is 0 Å². The highest BCUT2D eigenvalue weighted by Gasteiger charge is 2.08. The minimum absolute atomic E-state index is 0.840. The van der Waals surface area contributed by atoms with Crippen LogP contribution >= 0.6 is 11.3 Å². The molecule has 2 N–H and O–H groups in total. The third kappa shape index (κ3) is 1.71. The summed E-state index contributed by atoms with van der Waals surface area (Å²) in [4.78, 5) is 0. The van der Waals surface area contributed by atoms with Crippen molar-refractivity contribution in [3.05, 3.63) is 65.7 Å². The van der Waals surface area contributed by atoms with Crippen molar-refractivity contribution in [3.63, 3.8) is 0 Å². The number of fused-ring (bicyclic) bond motifs is 2. The van der Waals surface area contributed by atoms with Crippen LogP contribution in [0.2, 0.25) is 0 Å². The summed E-state index contributed by atoms with van der Waals surface area (Å²) < 4.78 is 3.58. The predicted octanol–water partition coefficient (Wildman–Crippen LogP) is 4.49. The van der Waals surface area contributed by atoms with E-state index >= 15 is 0 Å². The lowest BCUT2D eigenvalue weighted by molar-refractivity contribution is 0.846. The second-order valence-corrected chi connectivity index (χ2v) is 5.90. The number of para-hydroxylation sites is 1. The topological polar surface area (TPSA) is 30.9 Å². The summed E-state index contributed by atoms with van der Waals surface area (Å²) in [6, 6.07) is 16.7. The first-order valence-corrected chi connectivity index (χ1v) is 7.49. The molecule has 4 aromatic rings. The van der Waals surface area contributed by atoms with Gasteiger partial charge in [-0.3, -0.25) is 0 Å². The average Bonchev–Trinajstić information content (AvgIpc) is 3.06. The number of nitrogen functional groups attached to an aromatic ring is 1. The van der Waals surface area contributed by atoms with Gasteiger partial charge in [-0.15, -0.1) is 11.3 Å². The summed E-state index contributed by atoms with van der Waals surface area (Å²) in [5.74, 6) is 0. The van der Waals surface area contributed by atoms with Gasteiger partial charge in [-0.05, 0) is 34.5 Å². The summed E-state index contributed by atoms with van der Waals surface area (Å²) in [5.41, 5.74) is 9.45. The molecule has 2 aromatic carbocycles. The van der Waals surface area contributed by atoms with E-state index in [1.54, 1.807) is 11.3 Å². The van der Waals surface area contributed by atoms with Crippen LogP contribution in [0.3, 0.4) is 0 Å². The Morgan fingerprint density at radius 3 is 2.85 bits per heavy atom. The fraction of sp³-hybridized carbons (Fsp3) is 0.0588. The quantitative estimate of drug-likeness (QED) is 0.538. The Bertz CT molecular complexity index is 902. The molecule has 0 aliphatic rings. The van der Waals surface area contributed by atoms with E-state index in [1.165, 1.54) is 21.0 Å². The highest BCUT2D eigenvalue weighted by Crippen LogP contribution is 2.28. The molecule has 0 saturated carbocycles. The summed E-state index contributed by atoms with van der Waals surface area (Å²) in [5, 5.41) is 4.79. The molecule has 98 valence electrons. The SMILES string of the molecule is Nc1cccc2ccn(Cc3csc4ccccc34)c12. The molecule has 4 rings (SSSR count). The summed E-state index contributed by atoms with van der Waals surface area (Å²) in [6.07, 6.45) is 2.12. The van der Waals surface area contributed by atoms with E-state index in [2.05, 4.69) is 52.5 Å². The Balaban J connectivity index is 1.85. The van der Waals surface area contributed by atoms with Crippen molar-refractivity contribution in [2.24, 2.45) is 0 Å². The molecule has 3 heteroatoms. The first kappa shape index (κ1) is 11.6. The maximum Gasteiger partial charge on any atom is 0.0716 e. The summed E-state index contributed by atoms with van der Waals surface area (Å²) in [6.45, 7) is 0.863. The molecule has 0 bridgehead atoms. The number of rotatable bonds is 2. The number of aromatic nitrogens is 1. The van der Waals surface area contributed by atoms with Crippen molar-refractivity contribution >= 4 is 38.0 Å². The van der Waals surface area contributed by atoms with Gasteiger partial charge in [0.05, 0.1) is 11.2 Å². The third-order valence-electron chi connectivity index (χ3n) is 3.72. The van der Waals surface area contributed by atoms with E-state index in [0.717, 1.165) is 17.7 Å². The van der Waals surface area contributed by atoms with Gasteiger partial charge in [-0.2, -0.15) is 0 Å². The van der Waals surface area contributed by atoms with Gasteiger partial charge < -0.3 is 10.3 Å². The highest BCUT2D eigenvalue weighted by atomic mass is 32.1. The van der Waals surface area contributed by atoms with E-state index < -0.39 is 0 Å². The zero-order valence-corrected chi connectivity index (χ0v) is 11.7. The number of anilines is 1. The van der Waals surface area contributed by atoms with Gasteiger partial charge in [0.1, 0.15) is 0 Å². The third-order valence-corrected chi connectivity index (χ3v) is 4.73. The van der Waals surface area contributed by atoms with Gasteiger partial charge in [0.2, 0.25) is 0 Å². The van der Waals surface area contributed by atoms with E-state index in [9.17, 15) is 0 Å². The first-order valence-electron chi connectivity index (χ1n) is 6.61. The Morgan fingerprint density at radius 2 is 1.90 bits per heavy atom. The fourth-order valence-electron chi connectivity index (χ4n) is 2.76. The van der Waals surface area contributed by atoms with Gasteiger partial charge in [0.25, 0.3) is 0 Å². The summed E-state index contributed by atoms with van der Waals surface area (Å²) >= 11 is 1.80. The number of hydrogen-bond acceptors (Lipinski definition) is 2. The van der Waals surface area contributed by atoms with Crippen LogP contribution in [-0.4, -0.2) is 4.57 Å². The Kier molecular flexibility index (Phi) is 2.54. The zero-order valence-electron chi connectivity index (χ0n) is 10.9. The van der Waals surface area contributed by atoms with E-state index in [-0.39, 0.29) is 0 Å². The summed E-state index contributed by atoms with van der Waals surface area (Å²) in [7, 11) is 0. The van der Waals surface area contributed by atoms with Crippen molar-refractivity contribution < 1.29 is 0 Å². The zero-order chi connectivity index (χ0) is 13.5. The van der Waals surface area contributed by atoms with Crippen LogP contribution in [0.15, 0.2) is 60.1 Å². The fourth-order valence-corrected chi connectivity index (χ4v) is 3.72. The van der Waals surface area contributed by atoms with Crippen molar-refractivity contribution in [2.75, 3.05) is 5.73 Å². The number of benzene rings is 2. The number of thiophene rings is 1. The number of nitrogens with two attached hydrogens (primary N) is 1. The van der Waals surface area contributed by atoms with Crippen LogP contribution in [0.4, 0.5) is 5.69 Å². The molecule has 2 aromatic heterocycles. The molecule has 0 aliphatic carbocycles. The van der Waals surface area contributed by atoms with Crippen LogP contribution in [0.5, 0.6) is 0 Å². The van der Waals surface area contributed by atoms with Crippen molar-refractivity contribution in [1.82, 2.24) is 4.57 Å². The average molecular weight is 278 g/mol. The molecule has 0 saturated heterocycles. The Labute approximate surface area is 121 Å². The lowest BCUT2D eigenvalue weighted by Crippen LogP contribution is -1.99. The monoisotopic (exact) mass is 278 g/mol. The van der Waals surface area contributed by atoms with Crippen molar-refractivity contribution in [3.8, 4) is 0 Å². The molecule has 0 spiro atoms. The normalized spacial score (nSPS) is 11.4. The molecule has 0 unspecified atom stereocenters. The second kappa shape index (κ2) is 4.39. The Hall–Kier alpha value is -2.26. The lowest BCUT2D eigenvalue weighted by atomic mass is 10.2. The number of nitrogens with zero attached hydrogens (tertiary/aromatic N) is 1. The molecule has 0 amide bonds. The molecule has 0 fully saturated rings. The van der Waals surface area contributed by atoms with Gasteiger partial charge in [0.15, 0.2) is 0 Å². The molecular formula is C17H14N2S. The van der Waals surface area contributed by atoms with Gasteiger partial charge in [-0.25, -0.2) is 0 Å². The van der Waals surface area contributed by atoms with Crippen LogP contribution in [0.25, 0.3) is 21.0 Å². The van der Waals surface area contributed by atoms with Crippen LogP contribution < -0.4 is 5.73 Å². The molecule has 2 nitrogen and oxygen atoms in total. The van der Waals surface area contributed by atoms with Crippen molar-refractivity contribution in [1.29, 1.82) is 0 Å². The molecule has 2 heterocycles. The second-order valence-electron chi connectivity index (χ2n) is 4.99. The minimum Gasteiger partial charge on any atom is -0.397 e. The predicted molar refractivity (Wildman–Crippen MR) is 87.3 cm³/mol. The minimum atomic E-state index is 0.840. The molecule has 0 aliphatic heterocycles.